The molecule has 0 aromatic heterocycles. The molecular weight excluding hydrogens is 270 g/mol. The second kappa shape index (κ2) is 5.76. The standard InChI is InChI=1S/C16H21NO4/c1-16(2,3)21-15(20)17-13(14(18)19)12-9-11(12)10-7-5-4-6-8-10/h4-8,11-13H,9H2,1-3H3,(H,17,20)(H,18,19)/t11-,12-,13-/m0/s1. The molecule has 2 N–H and O–H groups in total. The van der Waals surface area contributed by atoms with Crippen molar-refractivity contribution in [3.8, 4) is 0 Å². The van der Waals surface area contributed by atoms with E-state index in [-0.39, 0.29) is 11.8 Å². The lowest BCUT2D eigenvalue weighted by molar-refractivity contribution is -0.140. The van der Waals surface area contributed by atoms with Crippen LogP contribution in [-0.4, -0.2) is 28.8 Å². The number of amides is 1. The van der Waals surface area contributed by atoms with E-state index in [4.69, 9.17) is 4.74 Å². The number of nitrogens with one attached hydrogen (secondary N) is 1. The van der Waals surface area contributed by atoms with Crippen LogP contribution in [0.2, 0.25) is 0 Å². The largest absolute Gasteiger partial charge is 0.480 e. The van der Waals surface area contributed by atoms with Crippen LogP contribution in [-0.2, 0) is 9.53 Å². The van der Waals surface area contributed by atoms with E-state index in [9.17, 15) is 14.7 Å². The molecule has 0 unspecified atom stereocenters. The van der Waals surface area contributed by atoms with E-state index in [1.54, 1.807) is 20.8 Å². The average molecular weight is 291 g/mol. The van der Waals surface area contributed by atoms with Gasteiger partial charge in [0, 0.05) is 0 Å². The van der Waals surface area contributed by atoms with E-state index in [1.807, 2.05) is 30.3 Å². The third-order valence-electron chi connectivity index (χ3n) is 3.43. The molecule has 3 atom stereocenters. The summed E-state index contributed by atoms with van der Waals surface area (Å²) in [5, 5.41) is 11.8. The number of carboxylic acids is 1. The minimum Gasteiger partial charge on any atom is -0.480 e. The number of benzene rings is 1. The van der Waals surface area contributed by atoms with Crippen molar-refractivity contribution in [3.63, 3.8) is 0 Å². The van der Waals surface area contributed by atoms with E-state index >= 15 is 0 Å². The first-order chi connectivity index (χ1) is 9.78. The molecule has 0 saturated heterocycles. The Morgan fingerprint density at radius 2 is 1.90 bits per heavy atom. The summed E-state index contributed by atoms with van der Waals surface area (Å²) in [6.07, 6.45) is 0.0742. The van der Waals surface area contributed by atoms with Crippen LogP contribution in [0.4, 0.5) is 4.79 Å². The summed E-state index contributed by atoms with van der Waals surface area (Å²) in [5.74, 6) is -0.927. The summed E-state index contributed by atoms with van der Waals surface area (Å²) in [7, 11) is 0. The molecule has 0 radical (unpaired) electrons. The monoisotopic (exact) mass is 291 g/mol. The first kappa shape index (κ1) is 15.4. The number of ether oxygens (including phenoxy) is 1. The fraction of sp³-hybridized carbons (Fsp3) is 0.500. The van der Waals surface area contributed by atoms with Crippen LogP contribution in [0.5, 0.6) is 0 Å². The van der Waals surface area contributed by atoms with Crippen molar-refractivity contribution in [2.75, 3.05) is 0 Å². The van der Waals surface area contributed by atoms with Crippen LogP contribution in [0.1, 0.15) is 38.7 Å². The number of carbonyl (C=O) groups is 2. The van der Waals surface area contributed by atoms with Crippen molar-refractivity contribution in [1.29, 1.82) is 0 Å². The molecule has 5 nitrogen and oxygen atoms in total. The molecular formula is C16H21NO4. The van der Waals surface area contributed by atoms with Crippen molar-refractivity contribution in [2.24, 2.45) is 5.92 Å². The molecule has 114 valence electrons. The summed E-state index contributed by atoms with van der Waals surface area (Å²) in [4.78, 5) is 23.1. The molecule has 0 heterocycles. The van der Waals surface area contributed by atoms with Crippen LogP contribution in [0, 0.1) is 5.92 Å². The van der Waals surface area contributed by atoms with Crippen molar-refractivity contribution in [1.82, 2.24) is 5.32 Å². The Balaban J connectivity index is 1.99. The Labute approximate surface area is 124 Å². The van der Waals surface area contributed by atoms with Crippen LogP contribution >= 0.6 is 0 Å². The van der Waals surface area contributed by atoms with Gasteiger partial charge in [0.15, 0.2) is 0 Å². The summed E-state index contributed by atoms with van der Waals surface area (Å²) in [6.45, 7) is 5.23. The van der Waals surface area contributed by atoms with Gasteiger partial charge in [0.25, 0.3) is 0 Å². The molecule has 1 aliphatic rings. The van der Waals surface area contributed by atoms with E-state index in [0.29, 0.717) is 0 Å². The molecule has 1 amide bonds. The number of hydrogen-bond donors (Lipinski definition) is 2. The topological polar surface area (TPSA) is 75.6 Å². The lowest BCUT2D eigenvalue weighted by Crippen LogP contribution is -2.45. The molecule has 1 aromatic rings. The molecule has 1 fully saturated rings. The van der Waals surface area contributed by atoms with Gasteiger partial charge in [-0.2, -0.15) is 0 Å². The van der Waals surface area contributed by atoms with Gasteiger partial charge in [0.2, 0.25) is 0 Å². The molecule has 0 bridgehead atoms. The second-order valence-electron chi connectivity index (χ2n) is 6.38. The normalized spacial score (nSPS) is 22.2. The Bertz CT molecular complexity index is 521. The Morgan fingerprint density at radius 1 is 1.29 bits per heavy atom. The van der Waals surface area contributed by atoms with E-state index in [2.05, 4.69) is 5.32 Å². The van der Waals surface area contributed by atoms with Gasteiger partial charge in [-0.05, 0) is 44.6 Å². The highest BCUT2D eigenvalue weighted by molar-refractivity contribution is 5.81. The lowest BCUT2D eigenvalue weighted by Gasteiger charge is -2.22. The van der Waals surface area contributed by atoms with Gasteiger partial charge in [-0.25, -0.2) is 9.59 Å². The zero-order chi connectivity index (χ0) is 15.6. The van der Waals surface area contributed by atoms with Crippen LogP contribution in [0.15, 0.2) is 30.3 Å². The predicted octanol–water partition coefficient (Wildman–Crippen LogP) is 2.77. The summed E-state index contributed by atoms with van der Waals surface area (Å²) >= 11 is 0. The van der Waals surface area contributed by atoms with E-state index in [1.165, 1.54) is 0 Å². The number of alkyl carbamates (subject to hydrolysis) is 1. The molecule has 1 saturated carbocycles. The molecule has 5 heteroatoms. The Hall–Kier alpha value is -2.04. The minimum absolute atomic E-state index is 0.0857. The minimum atomic E-state index is -1.02. The fourth-order valence-corrected chi connectivity index (χ4v) is 2.45. The molecule has 1 aromatic carbocycles. The number of aliphatic carboxylic acids is 1. The zero-order valence-electron chi connectivity index (χ0n) is 12.5. The van der Waals surface area contributed by atoms with Gasteiger partial charge >= 0.3 is 12.1 Å². The van der Waals surface area contributed by atoms with Gasteiger partial charge in [-0.15, -0.1) is 0 Å². The van der Waals surface area contributed by atoms with Gasteiger partial charge < -0.3 is 15.2 Å². The maximum Gasteiger partial charge on any atom is 0.408 e. The van der Waals surface area contributed by atoms with Gasteiger partial charge in [0.1, 0.15) is 11.6 Å². The SMILES string of the molecule is CC(C)(C)OC(=O)N[C@H](C(=O)O)[C@H]1C[C@H]1c1ccccc1. The summed E-state index contributed by atoms with van der Waals surface area (Å²) < 4.78 is 5.12. The summed E-state index contributed by atoms with van der Waals surface area (Å²) in [5.41, 5.74) is 0.468. The third kappa shape index (κ3) is 4.21. The maximum atomic E-state index is 11.8. The van der Waals surface area contributed by atoms with E-state index in [0.717, 1.165) is 12.0 Å². The van der Waals surface area contributed by atoms with Gasteiger partial charge in [-0.1, -0.05) is 30.3 Å². The van der Waals surface area contributed by atoms with Crippen LogP contribution in [0.25, 0.3) is 0 Å². The fourth-order valence-electron chi connectivity index (χ4n) is 2.45. The van der Waals surface area contributed by atoms with Crippen molar-refractivity contribution < 1.29 is 19.4 Å². The number of carboxylic acid groups (broad SMARTS) is 1. The predicted molar refractivity (Wildman–Crippen MR) is 78.1 cm³/mol. The quantitative estimate of drug-likeness (QED) is 0.894. The van der Waals surface area contributed by atoms with Crippen molar-refractivity contribution >= 4 is 12.1 Å². The highest BCUT2D eigenvalue weighted by atomic mass is 16.6. The third-order valence-corrected chi connectivity index (χ3v) is 3.43. The average Bonchev–Trinajstić information content (AvgIpc) is 3.14. The highest BCUT2D eigenvalue weighted by Crippen LogP contribution is 2.49. The number of hydrogen-bond acceptors (Lipinski definition) is 3. The molecule has 1 aliphatic carbocycles. The first-order valence-electron chi connectivity index (χ1n) is 7.05. The van der Waals surface area contributed by atoms with Crippen molar-refractivity contribution in [2.45, 2.75) is 44.8 Å². The number of rotatable bonds is 4. The number of carbonyl (C=O) groups excluding carboxylic acids is 1. The van der Waals surface area contributed by atoms with Gasteiger partial charge in [-0.3, -0.25) is 0 Å². The van der Waals surface area contributed by atoms with Crippen LogP contribution in [0.3, 0.4) is 0 Å². The molecule has 0 spiro atoms. The Kier molecular flexibility index (Phi) is 4.21. The maximum absolute atomic E-state index is 11.8. The van der Waals surface area contributed by atoms with Gasteiger partial charge in [0.05, 0.1) is 0 Å². The zero-order valence-corrected chi connectivity index (χ0v) is 12.5. The smallest absolute Gasteiger partial charge is 0.408 e. The first-order valence-corrected chi connectivity index (χ1v) is 7.05. The highest BCUT2D eigenvalue weighted by Gasteiger charge is 2.48. The van der Waals surface area contributed by atoms with Crippen LogP contribution < -0.4 is 5.32 Å². The lowest BCUT2D eigenvalue weighted by atomic mass is 10.1. The van der Waals surface area contributed by atoms with E-state index < -0.39 is 23.7 Å². The summed E-state index contributed by atoms with van der Waals surface area (Å²) in [6, 6.07) is 8.84. The molecule has 2 rings (SSSR count). The molecule has 0 aliphatic heterocycles. The van der Waals surface area contributed by atoms with Crippen molar-refractivity contribution in [3.05, 3.63) is 35.9 Å². The second-order valence-corrected chi connectivity index (χ2v) is 6.38. The molecule has 21 heavy (non-hydrogen) atoms. The Morgan fingerprint density at radius 3 is 2.43 bits per heavy atom.